The van der Waals surface area contributed by atoms with Crippen LogP contribution >= 0.6 is 0 Å². The van der Waals surface area contributed by atoms with Crippen molar-refractivity contribution in [3.8, 4) is 0 Å². The van der Waals surface area contributed by atoms with E-state index in [1.54, 1.807) is 13.2 Å². The summed E-state index contributed by atoms with van der Waals surface area (Å²) in [7, 11) is 1.67. The summed E-state index contributed by atoms with van der Waals surface area (Å²) in [4.78, 5) is 2.34. The molecule has 0 saturated carbocycles. The van der Waals surface area contributed by atoms with E-state index in [1.165, 1.54) is 19.3 Å². The molecular weight excluding hydrogens is 267 g/mol. The highest BCUT2D eigenvalue weighted by atomic mass is 19.1. The molecule has 0 bridgehead atoms. The number of piperidine rings is 1. The van der Waals surface area contributed by atoms with Gasteiger partial charge in [0, 0.05) is 44.5 Å². The van der Waals surface area contributed by atoms with E-state index in [1.807, 2.05) is 12.1 Å². The van der Waals surface area contributed by atoms with E-state index in [9.17, 15) is 4.39 Å². The van der Waals surface area contributed by atoms with E-state index in [2.05, 4.69) is 17.1 Å². The van der Waals surface area contributed by atoms with Gasteiger partial charge in [-0.1, -0.05) is 19.4 Å². The van der Waals surface area contributed by atoms with Gasteiger partial charge in [0.2, 0.25) is 0 Å². The first-order valence-corrected chi connectivity index (χ1v) is 7.98. The van der Waals surface area contributed by atoms with Crippen molar-refractivity contribution in [1.29, 1.82) is 0 Å². The van der Waals surface area contributed by atoms with Gasteiger partial charge in [-0.15, -0.1) is 0 Å². The topological polar surface area (TPSA) is 24.5 Å². The smallest absolute Gasteiger partial charge is 0.129 e. The van der Waals surface area contributed by atoms with E-state index >= 15 is 0 Å². The van der Waals surface area contributed by atoms with Gasteiger partial charge in [-0.25, -0.2) is 4.39 Å². The predicted molar refractivity (Wildman–Crippen MR) is 85.2 cm³/mol. The summed E-state index contributed by atoms with van der Waals surface area (Å²) >= 11 is 0. The van der Waals surface area contributed by atoms with Crippen molar-refractivity contribution in [2.24, 2.45) is 5.92 Å². The number of methoxy groups -OCH3 is 1. The number of ether oxygens (including phenoxy) is 1. The van der Waals surface area contributed by atoms with E-state index < -0.39 is 0 Å². The monoisotopic (exact) mass is 294 g/mol. The fourth-order valence-corrected chi connectivity index (χ4v) is 2.99. The van der Waals surface area contributed by atoms with Crippen LogP contribution in [-0.2, 0) is 11.3 Å². The highest BCUT2D eigenvalue weighted by molar-refractivity contribution is 5.54. The van der Waals surface area contributed by atoms with Crippen molar-refractivity contribution in [3.63, 3.8) is 0 Å². The zero-order valence-electron chi connectivity index (χ0n) is 13.2. The summed E-state index contributed by atoms with van der Waals surface area (Å²) in [5.74, 6) is 0.716. The zero-order chi connectivity index (χ0) is 15.1. The molecule has 1 heterocycles. The first-order valence-electron chi connectivity index (χ1n) is 7.98. The third-order valence-corrected chi connectivity index (χ3v) is 4.41. The number of anilines is 1. The Morgan fingerprint density at radius 3 is 2.76 bits per heavy atom. The molecule has 3 nitrogen and oxygen atoms in total. The Kier molecular flexibility index (Phi) is 6.46. The predicted octanol–water partition coefficient (Wildman–Crippen LogP) is 3.19. The molecule has 1 saturated heterocycles. The third kappa shape index (κ3) is 4.42. The molecule has 1 aliphatic heterocycles. The lowest BCUT2D eigenvalue weighted by atomic mass is 9.93. The maximum absolute atomic E-state index is 14.2. The Labute approximate surface area is 127 Å². The number of benzene rings is 1. The standard InChI is InChI=1S/C17H27FN2O/c1-3-14-7-10-20(11-8-14)17-6-4-5-16(18)15(17)13-19-9-12-21-2/h4-6,14,19H,3,7-13H2,1-2H3. The summed E-state index contributed by atoms with van der Waals surface area (Å²) in [6.07, 6.45) is 3.68. The van der Waals surface area contributed by atoms with E-state index in [4.69, 9.17) is 4.74 Å². The summed E-state index contributed by atoms with van der Waals surface area (Å²) in [6, 6.07) is 5.41. The van der Waals surface area contributed by atoms with Crippen LogP contribution in [0.2, 0.25) is 0 Å². The maximum Gasteiger partial charge on any atom is 0.129 e. The van der Waals surface area contributed by atoms with E-state index in [-0.39, 0.29) is 5.82 Å². The molecule has 21 heavy (non-hydrogen) atoms. The molecule has 0 unspecified atom stereocenters. The average Bonchev–Trinajstić information content (AvgIpc) is 2.53. The maximum atomic E-state index is 14.2. The second kappa shape index (κ2) is 8.35. The van der Waals surface area contributed by atoms with Crippen molar-refractivity contribution in [2.75, 3.05) is 38.3 Å². The first-order chi connectivity index (χ1) is 10.3. The molecule has 1 aromatic rings. The molecule has 1 aromatic carbocycles. The lowest BCUT2D eigenvalue weighted by Gasteiger charge is -2.34. The second-order valence-corrected chi connectivity index (χ2v) is 5.75. The lowest BCUT2D eigenvalue weighted by Crippen LogP contribution is -2.34. The number of hydrogen-bond donors (Lipinski definition) is 1. The van der Waals surface area contributed by atoms with Gasteiger partial charge >= 0.3 is 0 Å². The Balaban J connectivity index is 2.03. The summed E-state index contributed by atoms with van der Waals surface area (Å²) in [5.41, 5.74) is 1.83. The third-order valence-electron chi connectivity index (χ3n) is 4.41. The minimum absolute atomic E-state index is 0.116. The minimum Gasteiger partial charge on any atom is -0.383 e. The molecule has 0 amide bonds. The molecule has 0 aromatic heterocycles. The van der Waals surface area contributed by atoms with Gasteiger partial charge in [-0.2, -0.15) is 0 Å². The second-order valence-electron chi connectivity index (χ2n) is 5.75. The molecule has 0 spiro atoms. The van der Waals surface area contributed by atoms with Crippen molar-refractivity contribution in [2.45, 2.75) is 32.7 Å². The first kappa shape index (κ1) is 16.2. The fraction of sp³-hybridized carbons (Fsp3) is 0.647. The van der Waals surface area contributed by atoms with Gasteiger partial charge in [-0.05, 0) is 30.9 Å². The molecule has 0 atom stereocenters. The van der Waals surface area contributed by atoms with Gasteiger partial charge in [0.25, 0.3) is 0 Å². The Morgan fingerprint density at radius 2 is 2.10 bits per heavy atom. The number of nitrogens with one attached hydrogen (secondary N) is 1. The van der Waals surface area contributed by atoms with Crippen LogP contribution in [0.5, 0.6) is 0 Å². The number of hydrogen-bond acceptors (Lipinski definition) is 3. The summed E-state index contributed by atoms with van der Waals surface area (Å²) < 4.78 is 19.2. The summed E-state index contributed by atoms with van der Waals surface area (Å²) in [6.45, 7) is 6.26. The van der Waals surface area contributed by atoms with Crippen molar-refractivity contribution < 1.29 is 9.13 Å². The van der Waals surface area contributed by atoms with Crippen LogP contribution in [0, 0.1) is 11.7 Å². The zero-order valence-corrected chi connectivity index (χ0v) is 13.2. The summed E-state index contributed by atoms with van der Waals surface area (Å²) in [5, 5.41) is 3.25. The molecule has 2 rings (SSSR count). The highest BCUT2D eigenvalue weighted by Crippen LogP contribution is 2.28. The minimum atomic E-state index is -0.116. The fourth-order valence-electron chi connectivity index (χ4n) is 2.99. The SMILES string of the molecule is CCC1CCN(c2cccc(F)c2CNCCOC)CC1. The van der Waals surface area contributed by atoms with Crippen LogP contribution in [0.15, 0.2) is 18.2 Å². The highest BCUT2D eigenvalue weighted by Gasteiger charge is 2.21. The number of rotatable bonds is 7. The molecule has 1 fully saturated rings. The van der Waals surface area contributed by atoms with Crippen LogP contribution < -0.4 is 10.2 Å². The van der Waals surface area contributed by atoms with Gasteiger partial charge < -0.3 is 15.0 Å². The van der Waals surface area contributed by atoms with E-state index in [0.29, 0.717) is 13.2 Å². The van der Waals surface area contributed by atoms with Crippen molar-refractivity contribution in [3.05, 3.63) is 29.6 Å². The number of nitrogens with zero attached hydrogens (tertiary/aromatic N) is 1. The molecule has 0 radical (unpaired) electrons. The van der Waals surface area contributed by atoms with Gasteiger partial charge in [0.1, 0.15) is 5.82 Å². The van der Waals surface area contributed by atoms with E-state index in [0.717, 1.165) is 36.8 Å². The van der Waals surface area contributed by atoms with Gasteiger partial charge in [-0.3, -0.25) is 0 Å². The quantitative estimate of drug-likeness (QED) is 0.782. The Bertz CT molecular complexity index is 431. The van der Waals surface area contributed by atoms with Gasteiger partial charge in [0.05, 0.1) is 6.61 Å². The Morgan fingerprint density at radius 1 is 1.33 bits per heavy atom. The van der Waals surface area contributed by atoms with Crippen LogP contribution in [0.4, 0.5) is 10.1 Å². The Hall–Kier alpha value is -1.13. The molecule has 0 aliphatic carbocycles. The normalized spacial score (nSPS) is 16.4. The average molecular weight is 294 g/mol. The largest absolute Gasteiger partial charge is 0.383 e. The van der Waals surface area contributed by atoms with Crippen LogP contribution in [-0.4, -0.2) is 33.4 Å². The molecule has 118 valence electrons. The number of halogens is 1. The van der Waals surface area contributed by atoms with Crippen molar-refractivity contribution in [1.82, 2.24) is 5.32 Å². The van der Waals surface area contributed by atoms with Crippen molar-refractivity contribution >= 4 is 5.69 Å². The molecule has 1 N–H and O–H groups in total. The van der Waals surface area contributed by atoms with Crippen LogP contribution in [0.25, 0.3) is 0 Å². The molecule has 4 heteroatoms. The van der Waals surface area contributed by atoms with Crippen LogP contribution in [0.1, 0.15) is 31.7 Å². The van der Waals surface area contributed by atoms with Crippen LogP contribution in [0.3, 0.4) is 0 Å². The lowest BCUT2D eigenvalue weighted by molar-refractivity contribution is 0.199. The molecular formula is C17H27FN2O. The van der Waals surface area contributed by atoms with Gasteiger partial charge in [0.15, 0.2) is 0 Å². The molecule has 1 aliphatic rings.